The molecule has 6 heteroatoms. The predicted molar refractivity (Wildman–Crippen MR) is 76.5 cm³/mol. The van der Waals surface area contributed by atoms with E-state index in [9.17, 15) is 0 Å². The molecule has 0 bridgehead atoms. The molecule has 2 aromatic rings. The van der Waals surface area contributed by atoms with Crippen LogP contribution in [0.15, 0.2) is 29.4 Å². The number of aromatic nitrogens is 3. The van der Waals surface area contributed by atoms with E-state index in [2.05, 4.69) is 15.2 Å². The number of rotatable bonds is 7. The summed E-state index contributed by atoms with van der Waals surface area (Å²) in [5.41, 5.74) is 6.74. The Labute approximate surface area is 117 Å². The number of nitrogens with one attached hydrogen (secondary N) is 1. The van der Waals surface area contributed by atoms with Crippen molar-refractivity contribution in [1.29, 1.82) is 0 Å². The van der Waals surface area contributed by atoms with Gasteiger partial charge in [0, 0.05) is 5.75 Å². The molecule has 2 rings (SSSR count). The zero-order valence-corrected chi connectivity index (χ0v) is 11.7. The van der Waals surface area contributed by atoms with Crippen molar-refractivity contribution in [2.45, 2.75) is 18.5 Å². The van der Waals surface area contributed by atoms with Crippen molar-refractivity contribution in [1.82, 2.24) is 15.2 Å². The van der Waals surface area contributed by atoms with Crippen molar-refractivity contribution in [2.24, 2.45) is 5.73 Å². The third-order valence-electron chi connectivity index (χ3n) is 2.52. The lowest BCUT2D eigenvalue weighted by molar-refractivity contribution is 0.344. The van der Waals surface area contributed by atoms with Gasteiger partial charge in [0.05, 0.1) is 6.61 Å². The van der Waals surface area contributed by atoms with Gasteiger partial charge in [-0.25, -0.2) is 4.98 Å². The van der Waals surface area contributed by atoms with Crippen LogP contribution < -0.4 is 10.5 Å². The number of benzene rings is 1. The predicted octanol–water partition coefficient (Wildman–Crippen LogP) is 1.79. The molecule has 102 valence electrons. The van der Waals surface area contributed by atoms with Crippen LogP contribution in [-0.2, 0) is 6.42 Å². The second kappa shape index (κ2) is 7.16. The molecule has 0 aliphatic heterocycles. The van der Waals surface area contributed by atoms with Crippen LogP contribution in [-0.4, -0.2) is 34.1 Å². The molecule has 5 nitrogen and oxygen atoms in total. The summed E-state index contributed by atoms with van der Waals surface area (Å²) in [5, 5.41) is 7.63. The Morgan fingerprint density at radius 1 is 1.32 bits per heavy atom. The monoisotopic (exact) mass is 278 g/mol. The summed E-state index contributed by atoms with van der Waals surface area (Å²) in [4.78, 5) is 4.22. The van der Waals surface area contributed by atoms with Crippen LogP contribution in [0.3, 0.4) is 0 Å². The first-order chi connectivity index (χ1) is 9.28. The van der Waals surface area contributed by atoms with Gasteiger partial charge < -0.3 is 10.5 Å². The second-order valence-electron chi connectivity index (χ2n) is 4.08. The van der Waals surface area contributed by atoms with Crippen molar-refractivity contribution in [3.63, 3.8) is 0 Å². The molecule has 0 unspecified atom stereocenters. The Morgan fingerprint density at radius 2 is 2.11 bits per heavy atom. The van der Waals surface area contributed by atoms with E-state index in [1.54, 1.807) is 11.8 Å². The molecular formula is C13H18N4OS. The highest BCUT2D eigenvalue weighted by atomic mass is 32.2. The lowest BCUT2D eigenvalue weighted by Gasteiger charge is -2.06. The van der Waals surface area contributed by atoms with Crippen LogP contribution in [0.1, 0.15) is 11.4 Å². The average molecular weight is 278 g/mol. The topological polar surface area (TPSA) is 76.8 Å². The standard InChI is InChI=1S/C13H18N4OS/c1-10-15-13(17-16-10)19-9-8-18-12-4-2-11(3-5-12)6-7-14/h2-5H,6-9,14H2,1H3,(H,15,16,17). The fourth-order valence-electron chi connectivity index (χ4n) is 1.60. The minimum Gasteiger partial charge on any atom is -0.493 e. The summed E-state index contributed by atoms with van der Waals surface area (Å²) >= 11 is 1.58. The lowest BCUT2D eigenvalue weighted by Crippen LogP contribution is -2.03. The molecule has 0 aliphatic rings. The maximum absolute atomic E-state index is 5.65. The van der Waals surface area contributed by atoms with Gasteiger partial charge in [-0.1, -0.05) is 23.9 Å². The number of hydrogen-bond donors (Lipinski definition) is 2. The first-order valence-electron chi connectivity index (χ1n) is 6.21. The van der Waals surface area contributed by atoms with Crippen molar-refractivity contribution in [3.05, 3.63) is 35.7 Å². The zero-order chi connectivity index (χ0) is 13.5. The fraction of sp³-hybridized carbons (Fsp3) is 0.385. The van der Waals surface area contributed by atoms with E-state index in [4.69, 9.17) is 10.5 Å². The molecule has 1 aromatic heterocycles. The van der Waals surface area contributed by atoms with Crippen LogP contribution in [0.4, 0.5) is 0 Å². The van der Waals surface area contributed by atoms with E-state index in [1.165, 1.54) is 5.56 Å². The molecule has 0 spiro atoms. The van der Waals surface area contributed by atoms with E-state index < -0.39 is 0 Å². The zero-order valence-electron chi connectivity index (χ0n) is 10.9. The highest BCUT2D eigenvalue weighted by Crippen LogP contribution is 2.15. The van der Waals surface area contributed by atoms with E-state index in [1.807, 2.05) is 31.2 Å². The van der Waals surface area contributed by atoms with Crippen molar-refractivity contribution in [3.8, 4) is 5.75 Å². The third kappa shape index (κ3) is 4.57. The van der Waals surface area contributed by atoms with Gasteiger partial charge in [0.2, 0.25) is 5.16 Å². The number of ether oxygens (including phenoxy) is 1. The number of H-pyrrole nitrogens is 1. The molecule has 1 heterocycles. The van der Waals surface area contributed by atoms with Gasteiger partial charge in [-0.2, -0.15) is 0 Å². The molecule has 0 amide bonds. The molecule has 19 heavy (non-hydrogen) atoms. The Kier molecular flexibility index (Phi) is 5.23. The van der Waals surface area contributed by atoms with E-state index in [0.717, 1.165) is 28.9 Å². The Hall–Kier alpha value is -1.53. The molecule has 1 aromatic carbocycles. The molecule has 0 saturated heterocycles. The minimum atomic E-state index is 0.633. The van der Waals surface area contributed by atoms with Crippen molar-refractivity contribution in [2.75, 3.05) is 18.9 Å². The average Bonchev–Trinajstić information content (AvgIpc) is 2.83. The van der Waals surface area contributed by atoms with Gasteiger partial charge in [-0.05, 0) is 37.6 Å². The number of nitrogens with two attached hydrogens (primary N) is 1. The number of thioether (sulfide) groups is 1. The van der Waals surface area contributed by atoms with Crippen LogP contribution in [0.2, 0.25) is 0 Å². The van der Waals surface area contributed by atoms with Gasteiger partial charge in [0.1, 0.15) is 11.6 Å². The normalized spacial score (nSPS) is 10.6. The van der Waals surface area contributed by atoms with Gasteiger partial charge in [0.15, 0.2) is 0 Å². The van der Waals surface area contributed by atoms with E-state index in [-0.39, 0.29) is 0 Å². The lowest BCUT2D eigenvalue weighted by atomic mass is 10.1. The maximum Gasteiger partial charge on any atom is 0.208 e. The fourth-order valence-corrected chi connectivity index (χ4v) is 2.26. The molecule has 3 N–H and O–H groups in total. The van der Waals surface area contributed by atoms with Crippen LogP contribution >= 0.6 is 11.8 Å². The summed E-state index contributed by atoms with van der Waals surface area (Å²) in [7, 11) is 0. The summed E-state index contributed by atoms with van der Waals surface area (Å²) in [5.74, 6) is 2.54. The van der Waals surface area contributed by atoms with Gasteiger partial charge >= 0.3 is 0 Å². The number of aryl methyl sites for hydroxylation is 1. The molecule has 0 aliphatic carbocycles. The van der Waals surface area contributed by atoms with Crippen LogP contribution in [0.25, 0.3) is 0 Å². The Morgan fingerprint density at radius 3 is 2.74 bits per heavy atom. The molecule has 0 saturated carbocycles. The van der Waals surface area contributed by atoms with Crippen molar-refractivity contribution < 1.29 is 4.74 Å². The summed E-state index contributed by atoms with van der Waals surface area (Å²) in [6.07, 6.45) is 0.903. The largest absolute Gasteiger partial charge is 0.493 e. The highest BCUT2D eigenvalue weighted by molar-refractivity contribution is 7.99. The first kappa shape index (κ1) is 13.9. The van der Waals surface area contributed by atoms with E-state index in [0.29, 0.717) is 13.2 Å². The Balaban J connectivity index is 1.70. The third-order valence-corrected chi connectivity index (χ3v) is 3.33. The summed E-state index contributed by atoms with van der Waals surface area (Å²) in [6, 6.07) is 8.06. The number of hydrogen-bond acceptors (Lipinski definition) is 5. The second-order valence-corrected chi connectivity index (χ2v) is 5.15. The van der Waals surface area contributed by atoms with Crippen LogP contribution in [0.5, 0.6) is 5.75 Å². The molecule has 0 atom stereocenters. The number of nitrogens with zero attached hydrogens (tertiary/aromatic N) is 2. The van der Waals surface area contributed by atoms with Crippen LogP contribution in [0, 0.1) is 6.92 Å². The summed E-state index contributed by atoms with van der Waals surface area (Å²) in [6.45, 7) is 3.19. The first-order valence-corrected chi connectivity index (χ1v) is 7.20. The smallest absolute Gasteiger partial charge is 0.208 e. The van der Waals surface area contributed by atoms with E-state index >= 15 is 0 Å². The number of aromatic amines is 1. The molecule has 0 fully saturated rings. The molecule has 0 radical (unpaired) electrons. The van der Waals surface area contributed by atoms with Gasteiger partial charge in [-0.3, -0.25) is 5.10 Å². The highest BCUT2D eigenvalue weighted by Gasteiger charge is 2.00. The van der Waals surface area contributed by atoms with Gasteiger partial charge in [-0.15, -0.1) is 5.10 Å². The quantitative estimate of drug-likeness (QED) is 0.596. The molecular weight excluding hydrogens is 260 g/mol. The maximum atomic E-state index is 5.65. The SMILES string of the molecule is Cc1nc(SCCOc2ccc(CCN)cc2)n[nH]1. The van der Waals surface area contributed by atoms with Gasteiger partial charge in [0.25, 0.3) is 0 Å². The minimum absolute atomic E-state index is 0.633. The summed E-state index contributed by atoms with van der Waals surface area (Å²) < 4.78 is 5.65. The van der Waals surface area contributed by atoms with Crippen molar-refractivity contribution >= 4 is 11.8 Å². The Bertz CT molecular complexity index is 498.